The fourth-order valence-electron chi connectivity index (χ4n) is 3.19. The molecule has 1 N–H and O–H groups in total. The molecule has 0 radical (unpaired) electrons. The van der Waals surface area contributed by atoms with Gasteiger partial charge in [-0.1, -0.05) is 41.6 Å². The molecule has 136 valence electrons. The standard InChI is InChI=1S/C20H15N7O/c1-13-17(22-25-27(13)15-10-6-3-7-11-15)18-16-12-26(14-8-4-2-5-9-14)24-19(16)20(28)23-21-18/h2-12H,1H3,(H,23,28). The molecule has 0 aliphatic rings. The van der Waals surface area contributed by atoms with Crippen LogP contribution >= 0.6 is 0 Å². The van der Waals surface area contributed by atoms with Crippen LogP contribution in [0.5, 0.6) is 0 Å². The van der Waals surface area contributed by atoms with Gasteiger partial charge in [0.15, 0.2) is 5.52 Å². The minimum Gasteiger partial charge on any atom is -0.265 e. The van der Waals surface area contributed by atoms with Crippen LogP contribution in [0.4, 0.5) is 0 Å². The summed E-state index contributed by atoms with van der Waals surface area (Å²) in [5.41, 5.74) is 3.67. The average Bonchev–Trinajstić information content (AvgIpc) is 3.35. The van der Waals surface area contributed by atoms with E-state index in [1.54, 1.807) is 15.6 Å². The van der Waals surface area contributed by atoms with Crippen molar-refractivity contribution in [3.05, 3.63) is 82.9 Å². The Morgan fingerprint density at radius 2 is 1.57 bits per heavy atom. The average molecular weight is 369 g/mol. The lowest BCUT2D eigenvalue weighted by molar-refractivity contribution is 0.785. The Bertz CT molecular complexity index is 1330. The van der Waals surface area contributed by atoms with Crippen molar-refractivity contribution < 1.29 is 0 Å². The van der Waals surface area contributed by atoms with Gasteiger partial charge in [0.05, 0.1) is 22.5 Å². The Hall–Kier alpha value is -4.07. The predicted octanol–water partition coefficient (Wildman–Crippen LogP) is 2.66. The first kappa shape index (κ1) is 16.1. The molecular formula is C20H15N7O. The lowest BCUT2D eigenvalue weighted by atomic mass is 10.2. The molecule has 5 rings (SSSR count). The number of nitrogens with one attached hydrogen (secondary N) is 1. The minimum absolute atomic E-state index is 0.308. The molecule has 3 heterocycles. The van der Waals surface area contributed by atoms with Crippen molar-refractivity contribution in [1.82, 2.24) is 35.0 Å². The molecule has 3 aromatic heterocycles. The summed E-state index contributed by atoms with van der Waals surface area (Å²) in [6.07, 6.45) is 1.79. The second-order valence-corrected chi connectivity index (χ2v) is 6.34. The highest BCUT2D eigenvalue weighted by molar-refractivity contribution is 5.91. The number of H-pyrrole nitrogens is 1. The summed E-state index contributed by atoms with van der Waals surface area (Å²) in [6.45, 7) is 1.92. The van der Waals surface area contributed by atoms with Gasteiger partial charge in [0.25, 0.3) is 5.56 Å². The van der Waals surface area contributed by atoms with Gasteiger partial charge in [0.2, 0.25) is 0 Å². The zero-order valence-electron chi connectivity index (χ0n) is 14.9. The van der Waals surface area contributed by atoms with Crippen molar-refractivity contribution >= 4 is 10.9 Å². The zero-order chi connectivity index (χ0) is 19.1. The van der Waals surface area contributed by atoms with Gasteiger partial charge < -0.3 is 0 Å². The summed E-state index contributed by atoms with van der Waals surface area (Å²) in [5, 5.41) is 20.4. The van der Waals surface area contributed by atoms with E-state index in [0.717, 1.165) is 17.1 Å². The molecule has 8 nitrogen and oxygen atoms in total. The van der Waals surface area contributed by atoms with Crippen LogP contribution in [0.25, 0.3) is 33.7 Å². The first-order chi connectivity index (χ1) is 13.7. The molecule has 0 aliphatic carbocycles. The first-order valence-corrected chi connectivity index (χ1v) is 8.74. The molecule has 0 bridgehead atoms. The van der Waals surface area contributed by atoms with E-state index < -0.39 is 0 Å². The zero-order valence-corrected chi connectivity index (χ0v) is 14.9. The summed E-state index contributed by atoms with van der Waals surface area (Å²) in [5.74, 6) is 0. The first-order valence-electron chi connectivity index (χ1n) is 8.74. The van der Waals surface area contributed by atoms with Gasteiger partial charge in [-0.25, -0.2) is 14.5 Å². The fourth-order valence-corrected chi connectivity index (χ4v) is 3.19. The summed E-state index contributed by atoms with van der Waals surface area (Å²) in [6, 6.07) is 19.3. The number of aromatic nitrogens is 7. The predicted molar refractivity (Wildman–Crippen MR) is 105 cm³/mol. The third-order valence-corrected chi connectivity index (χ3v) is 4.59. The number of hydrogen-bond acceptors (Lipinski definition) is 5. The lowest BCUT2D eigenvalue weighted by Gasteiger charge is -2.03. The molecule has 0 saturated heterocycles. The van der Waals surface area contributed by atoms with Gasteiger partial charge in [0, 0.05) is 6.20 Å². The smallest absolute Gasteiger partial charge is 0.265 e. The maximum atomic E-state index is 12.3. The van der Waals surface area contributed by atoms with E-state index in [1.807, 2.05) is 67.6 Å². The number of hydrogen-bond donors (Lipinski definition) is 1. The maximum absolute atomic E-state index is 12.3. The van der Waals surface area contributed by atoms with Crippen molar-refractivity contribution in [3.63, 3.8) is 0 Å². The summed E-state index contributed by atoms with van der Waals surface area (Å²) >= 11 is 0. The van der Waals surface area contributed by atoms with Crippen molar-refractivity contribution in [3.8, 4) is 22.8 Å². The summed E-state index contributed by atoms with van der Waals surface area (Å²) in [4.78, 5) is 12.3. The van der Waals surface area contributed by atoms with E-state index >= 15 is 0 Å². The molecule has 8 heteroatoms. The molecule has 0 atom stereocenters. The van der Waals surface area contributed by atoms with Crippen molar-refractivity contribution in [2.75, 3.05) is 0 Å². The third kappa shape index (κ3) is 2.50. The highest BCUT2D eigenvalue weighted by Gasteiger charge is 2.19. The van der Waals surface area contributed by atoms with Crippen LogP contribution in [-0.4, -0.2) is 35.0 Å². The molecule has 0 aliphatic heterocycles. The van der Waals surface area contributed by atoms with Crippen molar-refractivity contribution in [2.45, 2.75) is 6.92 Å². The molecule has 0 saturated carbocycles. The number of para-hydroxylation sites is 2. The largest absolute Gasteiger partial charge is 0.292 e. The Kier molecular flexibility index (Phi) is 3.61. The van der Waals surface area contributed by atoms with Crippen LogP contribution in [0.1, 0.15) is 5.69 Å². The molecule has 0 fully saturated rings. The highest BCUT2D eigenvalue weighted by Crippen LogP contribution is 2.26. The number of rotatable bonds is 3. The Morgan fingerprint density at radius 1 is 0.893 bits per heavy atom. The van der Waals surface area contributed by atoms with Crippen LogP contribution < -0.4 is 5.56 Å². The molecule has 0 unspecified atom stereocenters. The van der Waals surface area contributed by atoms with Gasteiger partial charge in [0.1, 0.15) is 11.4 Å². The fraction of sp³-hybridized carbons (Fsp3) is 0.0500. The topological polar surface area (TPSA) is 94.3 Å². The van der Waals surface area contributed by atoms with Crippen LogP contribution in [0.15, 0.2) is 71.7 Å². The number of nitrogens with zero attached hydrogens (tertiary/aromatic N) is 6. The minimum atomic E-state index is -0.346. The van der Waals surface area contributed by atoms with Crippen LogP contribution in [0, 0.1) is 6.92 Å². The molecule has 28 heavy (non-hydrogen) atoms. The quantitative estimate of drug-likeness (QED) is 0.528. The molecular weight excluding hydrogens is 354 g/mol. The van der Waals surface area contributed by atoms with Gasteiger partial charge in [-0.05, 0) is 31.2 Å². The van der Waals surface area contributed by atoms with E-state index in [2.05, 4.69) is 25.6 Å². The summed E-state index contributed by atoms with van der Waals surface area (Å²) in [7, 11) is 0. The van der Waals surface area contributed by atoms with Gasteiger partial charge >= 0.3 is 0 Å². The van der Waals surface area contributed by atoms with E-state index in [-0.39, 0.29) is 5.56 Å². The van der Waals surface area contributed by atoms with Crippen LogP contribution in [-0.2, 0) is 0 Å². The molecule has 5 aromatic rings. The Labute approximate surface area is 159 Å². The van der Waals surface area contributed by atoms with Crippen LogP contribution in [0.3, 0.4) is 0 Å². The second kappa shape index (κ2) is 6.27. The Morgan fingerprint density at radius 3 is 2.29 bits per heavy atom. The van der Waals surface area contributed by atoms with Crippen molar-refractivity contribution in [2.24, 2.45) is 0 Å². The monoisotopic (exact) mass is 369 g/mol. The van der Waals surface area contributed by atoms with Gasteiger partial charge in [-0.3, -0.25) is 4.79 Å². The van der Waals surface area contributed by atoms with Gasteiger partial charge in [-0.15, -0.1) is 5.10 Å². The Balaban J connectivity index is 1.70. The SMILES string of the molecule is Cc1c(-c2n[nH]c(=O)c3nn(-c4ccccc4)cc23)nnn1-c1ccccc1. The van der Waals surface area contributed by atoms with Crippen LogP contribution in [0.2, 0.25) is 0 Å². The van der Waals surface area contributed by atoms with E-state index in [0.29, 0.717) is 22.3 Å². The number of benzene rings is 2. The maximum Gasteiger partial charge on any atom is 0.292 e. The molecule has 0 spiro atoms. The van der Waals surface area contributed by atoms with E-state index in [1.165, 1.54) is 0 Å². The van der Waals surface area contributed by atoms with E-state index in [4.69, 9.17) is 0 Å². The van der Waals surface area contributed by atoms with Gasteiger partial charge in [-0.2, -0.15) is 10.2 Å². The second-order valence-electron chi connectivity index (χ2n) is 6.34. The normalized spacial score (nSPS) is 11.2. The molecule has 2 aromatic carbocycles. The van der Waals surface area contributed by atoms with E-state index in [9.17, 15) is 4.79 Å². The molecule has 0 amide bonds. The summed E-state index contributed by atoms with van der Waals surface area (Å²) < 4.78 is 3.41. The lowest BCUT2D eigenvalue weighted by Crippen LogP contribution is -2.10. The highest BCUT2D eigenvalue weighted by atomic mass is 16.1. The van der Waals surface area contributed by atoms with Crippen molar-refractivity contribution in [1.29, 1.82) is 0 Å². The number of aromatic amines is 1. The third-order valence-electron chi connectivity index (χ3n) is 4.59. The number of fused-ring (bicyclic) bond motifs is 1.